The molecule has 0 aromatic carbocycles. The molecule has 0 saturated heterocycles. The summed E-state index contributed by atoms with van der Waals surface area (Å²) in [7, 11) is 1.87. The molecule has 1 aliphatic rings. The van der Waals surface area contributed by atoms with Crippen molar-refractivity contribution in [3.63, 3.8) is 0 Å². The van der Waals surface area contributed by atoms with Crippen molar-refractivity contribution in [2.24, 2.45) is 0 Å². The van der Waals surface area contributed by atoms with Crippen LogP contribution in [0.3, 0.4) is 0 Å². The predicted octanol–water partition coefficient (Wildman–Crippen LogP) is 0.358. The van der Waals surface area contributed by atoms with Crippen molar-refractivity contribution in [2.75, 3.05) is 20.2 Å². The first-order valence-corrected chi connectivity index (χ1v) is 5.74. The Balaban J connectivity index is 2.52. The maximum atomic E-state index is 11.3. The lowest BCUT2D eigenvalue weighted by molar-refractivity contribution is -0.130. The van der Waals surface area contributed by atoms with E-state index >= 15 is 0 Å². The van der Waals surface area contributed by atoms with Gasteiger partial charge in [0.2, 0.25) is 5.91 Å². The highest BCUT2D eigenvalue weighted by atomic mass is 16.3. The SMILES string of the molecule is CC(=O)N(C)[C@H]1CCCC[C@H]1NCCO. The number of amides is 1. The van der Waals surface area contributed by atoms with Gasteiger partial charge in [0.25, 0.3) is 0 Å². The number of carbonyl (C=O) groups is 1. The van der Waals surface area contributed by atoms with Crippen LogP contribution in [0.25, 0.3) is 0 Å². The fraction of sp³-hybridized carbons (Fsp3) is 0.909. The molecule has 1 rings (SSSR count). The zero-order chi connectivity index (χ0) is 11.3. The van der Waals surface area contributed by atoms with Crippen molar-refractivity contribution in [3.8, 4) is 0 Å². The van der Waals surface area contributed by atoms with Gasteiger partial charge in [-0.2, -0.15) is 0 Å². The van der Waals surface area contributed by atoms with Crippen molar-refractivity contribution >= 4 is 5.91 Å². The van der Waals surface area contributed by atoms with E-state index in [-0.39, 0.29) is 12.5 Å². The van der Waals surface area contributed by atoms with Crippen molar-refractivity contribution in [1.29, 1.82) is 0 Å². The van der Waals surface area contributed by atoms with Crippen molar-refractivity contribution in [1.82, 2.24) is 10.2 Å². The summed E-state index contributed by atoms with van der Waals surface area (Å²) in [5.41, 5.74) is 0. The van der Waals surface area contributed by atoms with E-state index < -0.39 is 0 Å². The third-order valence-electron chi connectivity index (χ3n) is 3.24. The molecule has 0 heterocycles. The van der Waals surface area contributed by atoms with E-state index in [0.717, 1.165) is 12.8 Å². The quantitative estimate of drug-likeness (QED) is 0.710. The molecule has 0 bridgehead atoms. The Morgan fingerprint density at radius 2 is 2.13 bits per heavy atom. The number of nitrogens with zero attached hydrogens (tertiary/aromatic N) is 1. The fourth-order valence-corrected chi connectivity index (χ4v) is 2.30. The number of nitrogens with one attached hydrogen (secondary N) is 1. The first kappa shape index (κ1) is 12.5. The lowest BCUT2D eigenvalue weighted by Crippen LogP contribution is -2.52. The molecule has 0 aromatic rings. The molecule has 2 atom stereocenters. The largest absolute Gasteiger partial charge is 0.395 e. The van der Waals surface area contributed by atoms with Gasteiger partial charge in [-0.05, 0) is 12.8 Å². The smallest absolute Gasteiger partial charge is 0.219 e. The second kappa shape index (κ2) is 6.08. The maximum absolute atomic E-state index is 11.3. The average Bonchev–Trinajstić information content (AvgIpc) is 2.25. The van der Waals surface area contributed by atoms with Crippen molar-refractivity contribution in [3.05, 3.63) is 0 Å². The summed E-state index contributed by atoms with van der Waals surface area (Å²) in [5.74, 6) is 0.123. The van der Waals surface area contributed by atoms with Crippen LogP contribution < -0.4 is 5.32 Å². The van der Waals surface area contributed by atoms with E-state index in [4.69, 9.17) is 5.11 Å². The lowest BCUT2D eigenvalue weighted by atomic mass is 9.89. The van der Waals surface area contributed by atoms with E-state index in [9.17, 15) is 4.79 Å². The highest BCUT2D eigenvalue weighted by molar-refractivity contribution is 5.73. The molecule has 0 aromatic heterocycles. The van der Waals surface area contributed by atoms with Gasteiger partial charge in [-0.1, -0.05) is 12.8 Å². The highest BCUT2D eigenvalue weighted by Crippen LogP contribution is 2.22. The highest BCUT2D eigenvalue weighted by Gasteiger charge is 2.28. The summed E-state index contributed by atoms with van der Waals surface area (Å²) in [4.78, 5) is 13.1. The van der Waals surface area contributed by atoms with Gasteiger partial charge in [0.15, 0.2) is 0 Å². The molecular weight excluding hydrogens is 192 g/mol. The van der Waals surface area contributed by atoms with Crippen LogP contribution in [0.2, 0.25) is 0 Å². The molecule has 1 fully saturated rings. The van der Waals surface area contributed by atoms with Crippen LogP contribution in [-0.2, 0) is 4.79 Å². The third-order valence-corrected chi connectivity index (χ3v) is 3.24. The van der Waals surface area contributed by atoms with Gasteiger partial charge in [-0.15, -0.1) is 0 Å². The Hall–Kier alpha value is -0.610. The molecule has 1 aliphatic carbocycles. The van der Waals surface area contributed by atoms with Crippen LogP contribution in [0.5, 0.6) is 0 Å². The summed E-state index contributed by atoms with van der Waals surface area (Å²) in [6.07, 6.45) is 4.58. The van der Waals surface area contributed by atoms with Gasteiger partial charge >= 0.3 is 0 Å². The van der Waals surface area contributed by atoms with E-state index in [1.807, 2.05) is 11.9 Å². The number of likely N-dealkylation sites (N-methyl/N-ethyl adjacent to an activating group) is 1. The van der Waals surface area contributed by atoms with E-state index in [1.165, 1.54) is 12.8 Å². The van der Waals surface area contributed by atoms with Crippen LogP contribution >= 0.6 is 0 Å². The first-order valence-electron chi connectivity index (χ1n) is 5.74. The maximum Gasteiger partial charge on any atom is 0.219 e. The van der Waals surface area contributed by atoms with Gasteiger partial charge in [0, 0.05) is 32.6 Å². The van der Waals surface area contributed by atoms with Crippen LogP contribution in [0.1, 0.15) is 32.6 Å². The Morgan fingerprint density at radius 1 is 1.47 bits per heavy atom. The summed E-state index contributed by atoms with van der Waals surface area (Å²) < 4.78 is 0. The summed E-state index contributed by atoms with van der Waals surface area (Å²) in [6.45, 7) is 2.39. The normalized spacial score (nSPS) is 26.3. The van der Waals surface area contributed by atoms with Gasteiger partial charge < -0.3 is 15.3 Å². The molecule has 1 saturated carbocycles. The van der Waals surface area contributed by atoms with Crippen LogP contribution in [-0.4, -0.2) is 48.2 Å². The Morgan fingerprint density at radius 3 is 2.73 bits per heavy atom. The number of rotatable bonds is 4. The second-order valence-electron chi connectivity index (χ2n) is 4.27. The molecule has 15 heavy (non-hydrogen) atoms. The topological polar surface area (TPSA) is 52.6 Å². The van der Waals surface area contributed by atoms with Gasteiger partial charge in [-0.3, -0.25) is 4.79 Å². The Bertz CT molecular complexity index is 209. The summed E-state index contributed by atoms with van der Waals surface area (Å²) >= 11 is 0. The zero-order valence-electron chi connectivity index (χ0n) is 9.70. The van der Waals surface area contributed by atoms with Gasteiger partial charge in [0.05, 0.1) is 6.61 Å². The molecule has 1 amide bonds. The van der Waals surface area contributed by atoms with E-state index in [2.05, 4.69) is 5.32 Å². The lowest BCUT2D eigenvalue weighted by Gasteiger charge is -2.38. The first-order chi connectivity index (χ1) is 7.16. The molecule has 2 N–H and O–H groups in total. The fourth-order valence-electron chi connectivity index (χ4n) is 2.30. The average molecular weight is 214 g/mol. The molecule has 0 unspecified atom stereocenters. The van der Waals surface area contributed by atoms with E-state index in [0.29, 0.717) is 18.6 Å². The zero-order valence-corrected chi connectivity index (χ0v) is 9.70. The number of aliphatic hydroxyl groups is 1. The number of hydrogen-bond donors (Lipinski definition) is 2. The molecule has 0 spiro atoms. The minimum Gasteiger partial charge on any atom is -0.395 e. The minimum absolute atomic E-state index is 0.123. The molecule has 88 valence electrons. The summed E-state index contributed by atoms with van der Waals surface area (Å²) in [6, 6.07) is 0.641. The van der Waals surface area contributed by atoms with E-state index in [1.54, 1.807) is 6.92 Å². The monoisotopic (exact) mass is 214 g/mol. The Kier molecular flexibility index (Phi) is 5.05. The van der Waals surface area contributed by atoms with Gasteiger partial charge in [-0.25, -0.2) is 0 Å². The number of carbonyl (C=O) groups excluding carboxylic acids is 1. The second-order valence-corrected chi connectivity index (χ2v) is 4.27. The Labute approximate surface area is 91.6 Å². The molecule has 0 aliphatic heterocycles. The minimum atomic E-state index is 0.123. The number of hydrogen-bond acceptors (Lipinski definition) is 3. The molecule has 4 heteroatoms. The third kappa shape index (κ3) is 3.47. The number of aliphatic hydroxyl groups excluding tert-OH is 1. The van der Waals surface area contributed by atoms with Gasteiger partial charge in [0.1, 0.15) is 0 Å². The van der Waals surface area contributed by atoms with Crippen molar-refractivity contribution in [2.45, 2.75) is 44.7 Å². The van der Waals surface area contributed by atoms with Crippen LogP contribution in [0.4, 0.5) is 0 Å². The molecular formula is C11H22N2O2. The van der Waals surface area contributed by atoms with Crippen LogP contribution in [0, 0.1) is 0 Å². The summed E-state index contributed by atoms with van der Waals surface area (Å²) in [5, 5.41) is 12.1. The van der Waals surface area contributed by atoms with Crippen LogP contribution in [0.15, 0.2) is 0 Å². The predicted molar refractivity (Wildman–Crippen MR) is 59.6 cm³/mol. The molecule has 4 nitrogen and oxygen atoms in total. The van der Waals surface area contributed by atoms with Crippen molar-refractivity contribution < 1.29 is 9.90 Å². The molecule has 0 radical (unpaired) electrons. The standard InChI is InChI=1S/C11H22N2O2/c1-9(15)13(2)11-6-4-3-5-10(11)12-7-8-14/h10-12,14H,3-8H2,1-2H3/t10-,11+/m1/s1.